The van der Waals surface area contributed by atoms with Gasteiger partial charge in [0.15, 0.2) is 5.96 Å². The van der Waals surface area contributed by atoms with E-state index >= 15 is 0 Å². The Hall–Kier alpha value is -1.86. The third-order valence-corrected chi connectivity index (χ3v) is 5.29. The van der Waals surface area contributed by atoms with Gasteiger partial charge in [-0.25, -0.2) is 4.98 Å². The molecule has 2 aliphatic rings. The molecule has 7 heteroatoms. The molecule has 0 bridgehead atoms. The van der Waals surface area contributed by atoms with Gasteiger partial charge in [0.2, 0.25) is 0 Å². The van der Waals surface area contributed by atoms with Crippen LogP contribution in [0.2, 0.25) is 0 Å². The summed E-state index contributed by atoms with van der Waals surface area (Å²) in [5.74, 6) is 2.75. The first kappa shape index (κ1) is 20.9. The van der Waals surface area contributed by atoms with E-state index in [1.807, 2.05) is 18.3 Å². The predicted octanol–water partition coefficient (Wildman–Crippen LogP) is 2.00. The van der Waals surface area contributed by atoms with Crippen LogP contribution < -0.4 is 10.2 Å². The zero-order chi connectivity index (χ0) is 19.4. The topological polar surface area (TPSA) is 62.2 Å². The van der Waals surface area contributed by atoms with Crippen LogP contribution >= 0.6 is 0 Å². The summed E-state index contributed by atoms with van der Waals surface area (Å²) in [5.41, 5.74) is 0. The van der Waals surface area contributed by atoms with Crippen molar-refractivity contribution in [2.24, 2.45) is 10.9 Å². The van der Waals surface area contributed by atoms with Crippen molar-refractivity contribution in [1.29, 1.82) is 0 Å². The lowest BCUT2D eigenvalue weighted by Gasteiger charge is -2.37. The van der Waals surface area contributed by atoms with Gasteiger partial charge in [0, 0.05) is 71.9 Å². The minimum Gasteiger partial charge on any atom is -0.381 e. The molecule has 1 N–H and O–H groups in total. The minimum absolute atomic E-state index is 0.671. The Morgan fingerprint density at radius 1 is 1.25 bits per heavy atom. The van der Waals surface area contributed by atoms with Gasteiger partial charge in [-0.2, -0.15) is 0 Å². The van der Waals surface area contributed by atoms with E-state index < -0.39 is 0 Å². The molecule has 1 aromatic rings. The van der Waals surface area contributed by atoms with Crippen molar-refractivity contribution in [3.8, 4) is 0 Å². The van der Waals surface area contributed by atoms with Crippen LogP contribution in [0, 0.1) is 5.92 Å². The highest BCUT2D eigenvalue weighted by atomic mass is 16.5. The van der Waals surface area contributed by atoms with Gasteiger partial charge in [-0.3, -0.25) is 4.99 Å². The number of aliphatic imine (C=N–C) groups is 1. The van der Waals surface area contributed by atoms with Gasteiger partial charge >= 0.3 is 0 Å². The second-order valence-electron chi connectivity index (χ2n) is 7.38. The first-order chi connectivity index (χ1) is 13.9. The standard InChI is InChI=1S/C21H35N5O2/c1-2-22-21(24-10-5-15-28-18-19-7-16-27-17-8-19)26-13-11-25(12-14-26)20-6-3-4-9-23-20/h3-4,6,9,19H,2,5,7-8,10-18H2,1H3,(H,22,24). The normalized spacial score (nSPS) is 19.1. The molecule has 0 atom stereocenters. The van der Waals surface area contributed by atoms with Gasteiger partial charge in [-0.15, -0.1) is 0 Å². The number of nitrogens with zero attached hydrogens (tertiary/aromatic N) is 4. The molecule has 0 unspecified atom stereocenters. The van der Waals surface area contributed by atoms with Crippen molar-refractivity contribution in [3.05, 3.63) is 24.4 Å². The molecule has 156 valence electrons. The monoisotopic (exact) mass is 389 g/mol. The lowest BCUT2D eigenvalue weighted by molar-refractivity contribution is 0.0205. The fourth-order valence-electron chi connectivity index (χ4n) is 3.63. The Kier molecular flexibility index (Phi) is 8.84. The highest BCUT2D eigenvalue weighted by Crippen LogP contribution is 2.15. The van der Waals surface area contributed by atoms with Crippen LogP contribution in [0.25, 0.3) is 0 Å². The molecule has 0 aromatic carbocycles. The van der Waals surface area contributed by atoms with Gasteiger partial charge in [-0.05, 0) is 44.2 Å². The number of ether oxygens (including phenoxy) is 2. The summed E-state index contributed by atoms with van der Waals surface area (Å²) >= 11 is 0. The maximum Gasteiger partial charge on any atom is 0.194 e. The van der Waals surface area contributed by atoms with Crippen molar-refractivity contribution < 1.29 is 9.47 Å². The third kappa shape index (κ3) is 6.63. The van der Waals surface area contributed by atoms with Crippen LogP contribution in [0.5, 0.6) is 0 Å². The van der Waals surface area contributed by atoms with E-state index in [1.54, 1.807) is 0 Å². The number of pyridine rings is 1. The van der Waals surface area contributed by atoms with E-state index in [0.29, 0.717) is 5.92 Å². The molecule has 0 saturated carbocycles. The predicted molar refractivity (Wildman–Crippen MR) is 113 cm³/mol. The van der Waals surface area contributed by atoms with E-state index in [0.717, 1.165) is 96.7 Å². The summed E-state index contributed by atoms with van der Waals surface area (Å²) in [6.45, 7) is 11.1. The molecule has 28 heavy (non-hydrogen) atoms. The van der Waals surface area contributed by atoms with Gasteiger partial charge in [0.1, 0.15) is 5.82 Å². The lowest BCUT2D eigenvalue weighted by Crippen LogP contribution is -2.52. The average Bonchev–Trinajstić information content (AvgIpc) is 2.77. The van der Waals surface area contributed by atoms with Crippen LogP contribution in [-0.4, -0.2) is 81.5 Å². The summed E-state index contributed by atoms with van der Waals surface area (Å²) in [4.78, 5) is 14.0. The summed E-state index contributed by atoms with van der Waals surface area (Å²) in [7, 11) is 0. The molecular formula is C21H35N5O2. The molecule has 2 aliphatic heterocycles. The first-order valence-corrected chi connectivity index (χ1v) is 10.7. The molecule has 3 heterocycles. The zero-order valence-electron chi connectivity index (χ0n) is 17.2. The van der Waals surface area contributed by atoms with E-state index in [4.69, 9.17) is 14.5 Å². The van der Waals surface area contributed by atoms with Crippen LogP contribution in [-0.2, 0) is 9.47 Å². The molecule has 2 fully saturated rings. The summed E-state index contributed by atoms with van der Waals surface area (Å²) in [5, 5.41) is 3.44. The SMILES string of the molecule is CCNC(=NCCCOCC1CCOCC1)N1CCN(c2ccccn2)CC1. The van der Waals surface area contributed by atoms with Crippen LogP contribution in [0.15, 0.2) is 29.4 Å². The molecule has 3 rings (SSSR count). The van der Waals surface area contributed by atoms with Crippen molar-refractivity contribution >= 4 is 11.8 Å². The van der Waals surface area contributed by atoms with Crippen molar-refractivity contribution in [2.75, 3.05) is 70.6 Å². The van der Waals surface area contributed by atoms with Crippen molar-refractivity contribution in [3.63, 3.8) is 0 Å². The number of hydrogen-bond acceptors (Lipinski definition) is 5. The maximum atomic E-state index is 5.85. The summed E-state index contributed by atoms with van der Waals surface area (Å²) < 4.78 is 11.2. The molecule has 0 spiro atoms. The Bertz CT molecular complexity index is 569. The fourth-order valence-corrected chi connectivity index (χ4v) is 3.63. The van der Waals surface area contributed by atoms with Gasteiger partial charge in [0.25, 0.3) is 0 Å². The Morgan fingerprint density at radius 3 is 2.79 bits per heavy atom. The summed E-state index contributed by atoms with van der Waals surface area (Å²) in [6, 6.07) is 6.09. The second-order valence-corrected chi connectivity index (χ2v) is 7.38. The third-order valence-electron chi connectivity index (χ3n) is 5.29. The smallest absolute Gasteiger partial charge is 0.194 e. The molecule has 2 saturated heterocycles. The van der Waals surface area contributed by atoms with Gasteiger partial charge in [0.05, 0.1) is 0 Å². The largest absolute Gasteiger partial charge is 0.381 e. The molecule has 7 nitrogen and oxygen atoms in total. The number of rotatable bonds is 8. The highest BCUT2D eigenvalue weighted by Gasteiger charge is 2.20. The van der Waals surface area contributed by atoms with Gasteiger partial charge < -0.3 is 24.6 Å². The highest BCUT2D eigenvalue weighted by molar-refractivity contribution is 5.80. The van der Waals surface area contributed by atoms with Crippen LogP contribution in [0.4, 0.5) is 5.82 Å². The van der Waals surface area contributed by atoms with Gasteiger partial charge in [-0.1, -0.05) is 6.07 Å². The number of nitrogens with one attached hydrogen (secondary N) is 1. The van der Waals surface area contributed by atoms with E-state index in [1.165, 1.54) is 0 Å². The second kappa shape index (κ2) is 11.9. The quantitative estimate of drug-likeness (QED) is 0.417. The Morgan fingerprint density at radius 2 is 2.07 bits per heavy atom. The molecule has 0 radical (unpaired) electrons. The average molecular weight is 390 g/mol. The number of anilines is 1. The number of aromatic nitrogens is 1. The minimum atomic E-state index is 0.671. The lowest BCUT2D eigenvalue weighted by atomic mass is 10.0. The van der Waals surface area contributed by atoms with E-state index in [-0.39, 0.29) is 0 Å². The Balaban J connectivity index is 1.36. The molecule has 0 aliphatic carbocycles. The fraction of sp³-hybridized carbons (Fsp3) is 0.714. The molecular weight excluding hydrogens is 354 g/mol. The first-order valence-electron chi connectivity index (χ1n) is 10.7. The molecule has 1 aromatic heterocycles. The van der Waals surface area contributed by atoms with Crippen LogP contribution in [0.1, 0.15) is 26.2 Å². The van der Waals surface area contributed by atoms with E-state index in [2.05, 4.69) is 33.1 Å². The van der Waals surface area contributed by atoms with Crippen molar-refractivity contribution in [1.82, 2.24) is 15.2 Å². The number of piperazine rings is 1. The zero-order valence-corrected chi connectivity index (χ0v) is 17.2. The van der Waals surface area contributed by atoms with E-state index in [9.17, 15) is 0 Å². The summed E-state index contributed by atoms with van der Waals surface area (Å²) in [6.07, 6.45) is 5.09. The maximum absolute atomic E-state index is 5.85. The van der Waals surface area contributed by atoms with Crippen molar-refractivity contribution in [2.45, 2.75) is 26.2 Å². The number of guanidine groups is 1. The molecule has 0 amide bonds. The number of hydrogen-bond donors (Lipinski definition) is 1. The Labute approximate surface area is 169 Å². The van der Waals surface area contributed by atoms with Crippen LogP contribution in [0.3, 0.4) is 0 Å².